The Labute approximate surface area is 125 Å². The zero-order valence-corrected chi connectivity index (χ0v) is 11.8. The number of hydrogen-bond acceptors (Lipinski definition) is 7. The van der Waals surface area contributed by atoms with Crippen LogP contribution >= 0.6 is 0 Å². The van der Waals surface area contributed by atoms with Crippen molar-refractivity contribution in [3.63, 3.8) is 0 Å². The molecule has 0 aliphatic carbocycles. The minimum Gasteiger partial charge on any atom is -0.358 e. The van der Waals surface area contributed by atoms with E-state index in [9.17, 15) is 10.1 Å². The van der Waals surface area contributed by atoms with Gasteiger partial charge in [0.05, 0.1) is 19.8 Å². The Kier molecular flexibility index (Phi) is 2.98. The zero-order chi connectivity index (χ0) is 15.2. The van der Waals surface area contributed by atoms with Gasteiger partial charge in [-0.1, -0.05) is 9.61 Å². The second kappa shape index (κ2) is 4.89. The van der Waals surface area contributed by atoms with Gasteiger partial charge in [-0.15, -0.1) is 0 Å². The monoisotopic (exact) mass is 305 g/mol. The summed E-state index contributed by atoms with van der Waals surface area (Å²) in [7, 11) is 0. The fourth-order valence-electron chi connectivity index (χ4n) is 3.06. The van der Waals surface area contributed by atoms with Crippen molar-refractivity contribution in [3.05, 3.63) is 28.4 Å². The lowest BCUT2D eigenvalue weighted by Crippen LogP contribution is -2.49. The second-order valence-electron chi connectivity index (χ2n) is 5.47. The van der Waals surface area contributed by atoms with Crippen LogP contribution in [0, 0.1) is 10.1 Å². The van der Waals surface area contributed by atoms with Gasteiger partial charge in [0.2, 0.25) is 5.65 Å². The Bertz CT molecular complexity index is 724. The molecule has 116 valence electrons. The summed E-state index contributed by atoms with van der Waals surface area (Å²) in [5.74, 6) is -0.0424. The molecular formula is C13H15N5O4. The first kappa shape index (κ1) is 13.4. The van der Waals surface area contributed by atoms with Crippen LogP contribution in [0.2, 0.25) is 0 Å². The van der Waals surface area contributed by atoms with E-state index in [0.29, 0.717) is 31.2 Å². The smallest absolute Gasteiger partial charge is 0.358 e. The third kappa shape index (κ3) is 2.09. The van der Waals surface area contributed by atoms with Gasteiger partial charge in [-0.2, -0.15) is 0 Å². The molecule has 2 aliphatic heterocycles. The first-order valence-electron chi connectivity index (χ1n) is 7.19. The summed E-state index contributed by atoms with van der Waals surface area (Å²) in [5, 5.41) is 15.4. The minimum absolute atomic E-state index is 0.142. The Morgan fingerprint density at radius 3 is 2.91 bits per heavy atom. The number of piperidine rings is 1. The first-order chi connectivity index (χ1) is 10.7. The zero-order valence-electron chi connectivity index (χ0n) is 11.8. The molecule has 2 aromatic rings. The van der Waals surface area contributed by atoms with Crippen LogP contribution in [0.3, 0.4) is 0 Å². The molecule has 22 heavy (non-hydrogen) atoms. The summed E-state index contributed by atoms with van der Waals surface area (Å²) in [6.07, 6.45) is 3.00. The largest absolute Gasteiger partial charge is 0.368 e. The molecule has 1 spiro atoms. The topological polar surface area (TPSA) is 95.0 Å². The van der Waals surface area contributed by atoms with Crippen LogP contribution in [0.25, 0.3) is 5.65 Å². The maximum atomic E-state index is 11.0. The number of rotatable bonds is 2. The maximum absolute atomic E-state index is 11.0. The predicted molar refractivity (Wildman–Crippen MR) is 75.7 cm³/mol. The van der Waals surface area contributed by atoms with Crippen molar-refractivity contribution in [2.24, 2.45) is 0 Å². The van der Waals surface area contributed by atoms with Crippen molar-refractivity contribution in [1.82, 2.24) is 14.6 Å². The Balaban J connectivity index is 1.68. The van der Waals surface area contributed by atoms with Crippen molar-refractivity contribution in [2.45, 2.75) is 18.6 Å². The molecular weight excluding hydrogens is 290 g/mol. The van der Waals surface area contributed by atoms with Crippen LogP contribution in [0.1, 0.15) is 12.8 Å². The molecule has 9 heteroatoms. The lowest BCUT2D eigenvalue weighted by atomic mass is 10.0. The number of nitrogens with zero attached hydrogens (tertiary/aromatic N) is 5. The fraction of sp³-hybridized carbons (Fsp3) is 0.538. The summed E-state index contributed by atoms with van der Waals surface area (Å²) < 4.78 is 12.8. The number of ether oxygens (including phenoxy) is 2. The van der Waals surface area contributed by atoms with Crippen LogP contribution in [-0.4, -0.2) is 51.6 Å². The van der Waals surface area contributed by atoms with Crippen LogP contribution in [-0.2, 0) is 9.47 Å². The highest BCUT2D eigenvalue weighted by Crippen LogP contribution is 2.32. The minimum atomic E-state index is -0.560. The van der Waals surface area contributed by atoms with Gasteiger partial charge in [-0.3, -0.25) is 0 Å². The van der Waals surface area contributed by atoms with Crippen molar-refractivity contribution < 1.29 is 14.4 Å². The number of imidazole rings is 1. The van der Waals surface area contributed by atoms with E-state index in [2.05, 4.69) is 10.1 Å². The quantitative estimate of drug-likeness (QED) is 0.603. The van der Waals surface area contributed by atoms with Crippen LogP contribution < -0.4 is 4.90 Å². The van der Waals surface area contributed by atoms with Gasteiger partial charge in [0.1, 0.15) is 6.20 Å². The van der Waals surface area contributed by atoms with E-state index >= 15 is 0 Å². The number of aromatic nitrogens is 3. The third-order valence-corrected chi connectivity index (χ3v) is 4.07. The van der Waals surface area contributed by atoms with Gasteiger partial charge >= 0.3 is 5.82 Å². The van der Waals surface area contributed by atoms with Gasteiger partial charge in [0, 0.05) is 19.0 Å². The maximum Gasteiger partial charge on any atom is 0.368 e. The van der Waals surface area contributed by atoms with E-state index in [0.717, 1.165) is 19.4 Å². The Hall–Kier alpha value is -2.26. The molecule has 2 fully saturated rings. The number of fused-ring (bicyclic) bond motifs is 1. The second-order valence-corrected chi connectivity index (χ2v) is 5.47. The lowest BCUT2D eigenvalue weighted by Gasteiger charge is -2.38. The number of nitro groups is 1. The Morgan fingerprint density at radius 1 is 1.32 bits per heavy atom. The summed E-state index contributed by atoms with van der Waals surface area (Å²) in [4.78, 5) is 16.6. The van der Waals surface area contributed by atoms with E-state index in [1.807, 2.05) is 11.0 Å². The molecule has 0 saturated carbocycles. The van der Waals surface area contributed by atoms with Gasteiger partial charge in [0.25, 0.3) is 0 Å². The fourth-order valence-corrected chi connectivity index (χ4v) is 3.06. The summed E-state index contributed by atoms with van der Waals surface area (Å²) in [5.41, 5.74) is 0.454. The average Bonchev–Trinajstić information content (AvgIpc) is 3.13. The lowest BCUT2D eigenvalue weighted by molar-refractivity contribution is -0.391. The molecule has 0 N–H and O–H groups in total. The molecule has 0 radical (unpaired) electrons. The molecule has 9 nitrogen and oxygen atoms in total. The molecule has 0 unspecified atom stereocenters. The van der Waals surface area contributed by atoms with Crippen molar-refractivity contribution in [1.29, 1.82) is 0 Å². The molecule has 0 amide bonds. The van der Waals surface area contributed by atoms with E-state index in [4.69, 9.17) is 9.47 Å². The van der Waals surface area contributed by atoms with Crippen molar-refractivity contribution >= 4 is 17.3 Å². The summed E-state index contributed by atoms with van der Waals surface area (Å²) in [6, 6.07) is 3.55. The van der Waals surface area contributed by atoms with Crippen molar-refractivity contribution in [2.75, 3.05) is 31.2 Å². The van der Waals surface area contributed by atoms with Gasteiger partial charge < -0.3 is 24.5 Å². The molecule has 4 heterocycles. The first-order valence-corrected chi connectivity index (χ1v) is 7.19. The van der Waals surface area contributed by atoms with E-state index < -0.39 is 10.7 Å². The van der Waals surface area contributed by atoms with Crippen LogP contribution in [0.15, 0.2) is 18.3 Å². The van der Waals surface area contributed by atoms with Gasteiger partial charge in [0.15, 0.2) is 11.6 Å². The SMILES string of the molecule is O=[N+]([O-])c1cnc2ccc(N3CCCC4(C3)OCCO4)nn12. The molecule has 0 aromatic carbocycles. The molecule has 4 rings (SSSR count). The summed E-state index contributed by atoms with van der Waals surface area (Å²) >= 11 is 0. The highest BCUT2D eigenvalue weighted by molar-refractivity contribution is 5.49. The van der Waals surface area contributed by atoms with Crippen LogP contribution in [0.4, 0.5) is 11.6 Å². The molecule has 2 saturated heterocycles. The molecule has 0 bridgehead atoms. The van der Waals surface area contributed by atoms with E-state index in [-0.39, 0.29) is 5.82 Å². The number of hydrogen-bond donors (Lipinski definition) is 0. The van der Waals surface area contributed by atoms with Crippen LogP contribution in [0.5, 0.6) is 0 Å². The van der Waals surface area contributed by atoms with Crippen molar-refractivity contribution in [3.8, 4) is 0 Å². The van der Waals surface area contributed by atoms with E-state index in [1.165, 1.54) is 10.7 Å². The number of anilines is 1. The predicted octanol–water partition coefficient (Wildman–Crippen LogP) is 0.981. The normalized spacial score (nSPS) is 20.8. The van der Waals surface area contributed by atoms with Gasteiger partial charge in [-0.25, -0.2) is 4.98 Å². The molecule has 0 atom stereocenters. The standard InChI is InChI=1S/C13H15N5O4/c19-18(20)12-8-14-10-2-3-11(15-17(10)12)16-5-1-4-13(9-16)21-6-7-22-13/h2-3,8H,1,4-7,9H2. The molecule has 2 aliphatic rings. The molecule has 2 aromatic heterocycles. The highest BCUT2D eigenvalue weighted by Gasteiger charge is 2.41. The highest BCUT2D eigenvalue weighted by atomic mass is 16.7. The summed E-state index contributed by atoms with van der Waals surface area (Å²) in [6.45, 7) is 2.60. The third-order valence-electron chi connectivity index (χ3n) is 4.07. The van der Waals surface area contributed by atoms with Gasteiger partial charge in [-0.05, 0) is 17.4 Å². The average molecular weight is 305 g/mol. The van der Waals surface area contributed by atoms with E-state index in [1.54, 1.807) is 6.07 Å². The Morgan fingerprint density at radius 2 is 2.14 bits per heavy atom.